The Morgan fingerprint density at radius 3 is 2.40 bits per heavy atom. The Morgan fingerprint density at radius 2 is 1.90 bits per heavy atom. The molecule has 1 atom stereocenters. The number of rotatable bonds is 3. The van der Waals surface area contributed by atoms with Gasteiger partial charge < -0.3 is 5.32 Å². The van der Waals surface area contributed by atoms with Crippen molar-refractivity contribution < 1.29 is 4.39 Å². The van der Waals surface area contributed by atoms with E-state index in [0.717, 1.165) is 17.7 Å². The molecule has 1 aliphatic heterocycles. The number of hydrogen-bond donors (Lipinski definition) is 1. The molecule has 20 heavy (non-hydrogen) atoms. The Morgan fingerprint density at radius 1 is 1.30 bits per heavy atom. The number of halogens is 1. The van der Waals surface area contributed by atoms with E-state index in [1.54, 1.807) is 0 Å². The number of nitrogens with one attached hydrogen (secondary N) is 1. The number of hydrogen-bond acceptors (Lipinski definition) is 1. The summed E-state index contributed by atoms with van der Waals surface area (Å²) in [6.45, 7) is 14.6. The highest BCUT2D eigenvalue weighted by atomic mass is 19.1. The van der Waals surface area contributed by atoms with E-state index in [4.69, 9.17) is 0 Å². The molecule has 0 aromatic heterocycles. The quantitative estimate of drug-likeness (QED) is 0.786. The molecule has 0 bridgehead atoms. The Bertz CT molecular complexity index is 564. The molecule has 1 aromatic rings. The Kier molecular flexibility index (Phi) is 3.85. The summed E-state index contributed by atoms with van der Waals surface area (Å²) in [4.78, 5) is 0. The van der Waals surface area contributed by atoms with Crippen molar-refractivity contribution in [3.63, 3.8) is 0 Å². The summed E-state index contributed by atoms with van der Waals surface area (Å²) in [5.74, 6) is -0.171. The highest BCUT2D eigenvalue weighted by Gasteiger charge is 2.29. The number of allylic oxidation sites excluding steroid dienone is 2. The van der Waals surface area contributed by atoms with Gasteiger partial charge in [0.15, 0.2) is 0 Å². The minimum Gasteiger partial charge on any atom is -0.380 e. The van der Waals surface area contributed by atoms with Crippen molar-refractivity contribution in [3.8, 4) is 0 Å². The topological polar surface area (TPSA) is 12.0 Å². The minimum atomic E-state index is -0.219. The zero-order valence-electron chi connectivity index (χ0n) is 12.5. The van der Waals surface area contributed by atoms with E-state index in [9.17, 15) is 4.39 Å². The van der Waals surface area contributed by atoms with Gasteiger partial charge in [0, 0.05) is 17.2 Å². The minimum absolute atomic E-state index is 0.0270. The van der Waals surface area contributed by atoms with Crippen molar-refractivity contribution in [3.05, 3.63) is 71.7 Å². The maximum Gasteiger partial charge on any atom is 0.123 e. The fourth-order valence-corrected chi connectivity index (χ4v) is 3.08. The van der Waals surface area contributed by atoms with Crippen LogP contribution in [-0.2, 0) is 0 Å². The van der Waals surface area contributed by atoms with Gasteiger partial charge in [0.1, 0.15) is 5.82 Å². The van der Waals surface area contributed by atoms with Gasteiger partial charge in [-0.2, -0.15) is 0 Å². The van der Waals surface area contributed by atoms with Crippen molar-refractivity contribution in [2.45, 2.75) is 38.6 Å². The van der Waals surface area contributed by atoms with Crippen molar-refractivity contribution in [2.75, 3.05) is 0 Å². The SMILES string of the molecule is C=CC(C1=C(C)CC(C)(C)NC1=C)c1ccc(F)cc1. The van der Waals surface area contributed by atoms with Crippen molar-refractivity contribution in [1.82, 2.24) is 5.32 Å². The summed E-state index contributed by atoms with van der Waals surface area (Å²) >= 11 is 0. The van der Waals surface area contributed by atoms with E-state index >= 15 is 0 Å². The van der Waals surface area contributed by atoms with Crippen LogP contribution in [-0.4, -0.2) is 5.54 Å². The summed E-state index contributed by atoms with van der Waals surface area (Å²) < 4.78 is 13.1. The van der Waals surface area contributed by atoms with E-state index < -0.39 is 0 Å². The molecule has 0 fully saturated rings. The van der Waals surface area contributed by atoms with E-state index in [2.05, 4.69) is 39.2 Å². The van der Waals surface area contributed by atoms with Crippen LogP contribution in [0.5, 0.6) is 0 Å². The second kappa shape index (κ2) is 5.28. The van der Waals surface area contributed by atoms with Crippen LogP contribution in [0.25, 0.3) is 0 Å². The first-order valence-corrected chi connectivity index (χ1v) is 6.89. The molecule has 0 spiro atoms. The lowest BCUT2D eigenvalue weighted by molar-refractivity contribution is 0.408. The summed E-state index contributed by atoms with van der Waals surface area (Å²) in [7, 11) is 0. The fourth-order valence-electron chi connectivity index (χ4n) is 3.08. The largest absolute Gasteiger partial charge is 0.380 e. The molecule has 0 aliphatic carbocycles. The van der Waals surface area contributed by atoms with Crippen LogP contribution in [0.4, 0.5) is 4.39 Å². The highest BCUT2D eigenvalue weighted by molar-refractivity contribution is 5.47. The van der Waals surface area contributed by atoms with Crippen LogP contribution in [0.3, 0.4) is 0 Å². The molecule has 1 aromatic carbocycles. The molecular weight excluding hydrogens is 249 g/mol. The maximum atomic E-state index is 13.1. The van der Waals surface area contributed by atoms with Gasteiger partial charge in [0.2, 0.25) is 0 Å². The summed E-state index contributed by atoms with van der Waals surface area (Å²) in [6.07, 6.45) is 2.87. The normalized spacial score (nSPS) is 19.5. The lowest BCUT2D eigenvalue weighted by Gasteiger charge is -2.38. The zero-order valence-corrected chi connectivity index (χ0v) is 12.5. The first-order chi connectivity index (χ1) is 9.34. The Balaban J connectivity index is 2.43. The summed E-state index contributed by atoms with van der Waals surface area (Å²) in [5.41, 5.74) is 4.49. The average molecular weight is 271 g/mol. The van der Waals surface area contributed by atoms with Crippen LogP contribution in [0, 0.1) is 5.82 Å². The second-order valence-corrected chi connectivity index (χ2v) is 6.12. The zero-order chi connectivity index (χ0) is 14.9. The molecule has 2 heteroatoms. The first-order valence-electron chi connectivity index (χ1n) is 6.89. The smallest absolute Gasteiger partial charge is 0.123 e. The van der Waals surface area contributed by atoms with Gasteiger partial charge >= 0.3 is 0 Å². The molecule has 1 unspecified atom stereocenters. The van der Waals surface area contributed by atoms with Gasteiger partial charge in [-0.25, -0.2) is 4.39 Å². The van der Waals surface area contributed by atoms with Gasteiger partial charge in [-0.1, -0.05) is 30.4 Å². The molecule has 1 heterocycles. The standard InChI is InChI=1S/C18H22FN/c1-6-16(14-7-9-15(19)10-8-14)17-12(2)11-18(4,5)20-13(17)3/h6-10,16,20H,1,3,11H2,2,4-5H3. The monoisotopic (exact) mass is 271 g/mol. The molecule has 0 saturated carbocycles. The average Bonchev–Trinajstić information content (AvgIpc) is 2.34. The molecule has 0 radical (unpaired) electrons. The van der Waals surface area contributed by atoms with Crippen LogP contribution in [0.1, 0.15) is 38.7 Å². The third-order valence-electron chi connectivity index (χ3n) is 3.76. The van der Waals surface area contributed by atoms with Gasteiger partial charge in [0.25, 0.3) is 0 Å². The van der Waals surface area contributed by atoms with Gasteiger partial charge in [-0.15, -0.1) is 6.58 Å². The predicted molar refractivity (Wildman–Crippen MR) is 83.0 cm³/mol. The molecule has 1 nitrogen and oxygen atoms in total. The van der Waals surface area contributed by atoms with Gasteiger partial charge in [-0.3, -0.25) is 0 Å². The van der Waals surface area contributed by atoms with E-state index in [1.807, 2.05) is 18.2 Å². The molecule has 1 aliphatic rings. The maximum absolute atomic E-state index is 13.1. The van der Waals surface area contributed by atoms with E-state index in [-0.39, 0.29) is 17.3 Å². The van der Waals surface area contributed by atoms with Crippen LogP contribution in [0.2, 0.25) is 0 Å². The molecule has 1 N–H and O–H groups in total. The third kappa shape index (κ3) is 2.84. The first kappa shape index (κ1) is 14.6. The van der Waals surface area contributed by atoms with Crippen molar-refractivity contribution in [2.24, 2.45) is 0 Å². The van der Waals surface area contributed by atoms with Crippen LogP contribution in [0.15, 0.2) is 60.3 Å². The molecule has 106 valence electrons. The van der Waals surface area contributed by atoms with Crippen molar-refractivity contribution >= 4 is 0 Å². The van der Waals surface area contributed by atoms with Crippen molar-refractivity contribution in [1.29, 1.82) is 0 Å². The molecule has 0 amide bonds. The second-order valence-electron chi connectivity index (χ2n) is 6.12. The Labute approximate surface area is 120 Å². The lowest BCUT2D eigenvalue weighted by Crippen LogP contribution is -2.42. The Hall–Kier alpha value is -1.83. The number of benzene rings is 1. The van der Waals surface area contributed by atoms with Gasteiger partial charge in [0.05, 0.1) is 0 Å². The van der Waals surface area contributed by atoms with Crippen LogP contribution >= 0.6 is 0 Å². The summed E-state index contributed by atoms with van der Waals surface area (Å²) in [6, 6.07) is 6.61. The molecule has 0 saturated heterocycles. The lowest BCUT2D eigenvalue weighted by atomic mass is 9.79. The summed E-state index contributed by atoms with van der Waals surface area (Å²) in [5, 5.41) is 3.46. The van der Waals surface area contributed by atoms with Gasteiger partial charge in [-0.05, 0) is 50.5 Å². The molecule has 2 rings (SSSR count). The fraction of sp³-hybridized carbons (Fsp3) is 0.333. The van der Waals surface area contributed by atoms with E-state index in [0.29, 0.717) is 0 Å². The predicted octanol–water partition coefficient (Wildman–Crippen LogP) is 4.70. The highest BCUT2D eigenvalue weighted by Crippen LogP contribution is 2.38. The van der Waals surface area contributed by atoms with Crippen LogP contribution < -0.4 is 5.32 Å². The van der Waals surface area contributed by atoms with E-state index in [1.165, 1.54) is 23.3 Å². The third-order valence-corrected chi connectivity index (χ3v) is 3.76. The molecular formula is C18H22FN.